The van der Waals surface area contributed by atoms with Gasteiger partial charge in [-0.05, 0) is 31.0 Å². The number of hydrogen-bond donors (Lipinski definition) is 2. The summed E-state index contributed by atoms with van der Waals surface area (Å²) in [4.78, 5) is 10.2. The zero-order valence-electron chi connectivity index (χ0n) is 15.6. The first kappa shape index (κ1) is 21.4. The van der Waals surface area contributed by atoms with Crippen molar-refractivity contribution in [2.45, 2.75) is 33.5 Å². The minimum absolute atomic E-state index is 0. The van der Waals surface area contributed by atoms with Gasteiger partial charge in [0.1, 0.15) is 0 Å². The molecule has 0 fully saturated rings. The average Bonchev–Trinajstić information content (AvgIpc) is 3.30. The second kappa shape index (κ2) is 11.0. The van der Waals surface area contributed by atoms with Crippen LogP contribution in [0.3, 0.4) is 0 Å². The SMILES string of the molecule is CCNC(=NCc1ccccc1Cn1cccn1)NCc1cnc(C)s1.I. The molecule has 2 N–H and O–H groups in total. The molecule has 0 bridgehead atoms. The highest BCUT2D eigenvalue weighted by molar-refractivity contribution is 14.0. The molecule has 3 aromatic rings. The van der Waals surface area contributed by atoms with Crippen LogP contribution in [0.25, 0.3) is 0 Å². The Kier molecular flexibility index (Phi) is 8.73. The van der Waals surface area contributed by atoms with Crippen LogP contribution < -0.4 is 10.6 Å². The first-order chi connectivity index (χ1) is 12.7. The van der Waals surface area contributed by atoms with Crippen LogP contribution in [-0.4, -0.2) is 27.3 Å². The highest BCUT2D eigenvalue weighted by Gasteiger charge is 2.05. The Balaban J connectivity index is 0.00000261. The van der Waals surface area contributed by atoms with Gasteiger partial charge in [-0.15, -0.1) is 35.3 Å². The average molecular weight is 496 g/mol. The van der Waals surface area contributed by atoms with Gasteiger partial charge in [-0.2, -0.15) is 5.10 Å². The molecule has 1 aromatic carbocycles. The number of aryl methyl sites for hydroxylation is 1. The van der Waals surface area contributed by atoms with Crippen LogP contribution in [0.1, 0.15) is 27.9 Å². The normalized spacial score (nSPS) is 11.1. The van der Waals surface area contributed by atoms with Gasteiger partial charge in [-0.1, -0.05) is 24.3 Å². The Morgan fingerprint density at radius 2 is 2.00 bits per heavy atom. The summed E-state index contributed by atoms with van der Waals surface area (Å²) in [6.45, 7) is 7.01. The summed E-state index contributed by atoms with van der Waals surface area (Å²) in [5.41, 5.74) is 2.43. The van der Waals surface area contributed by atoms with Crippen molar-refractivity contribution in [1.82, 2.24) is 25.4 Å². The number of nitrogens with zero attached hydrogens (tertiary/aromatic N) is 4. The molecule has 0 aliphatic rings. The number of halogens is 1. The molecule has 0 aliphatic heterocycles. The summed E-state index contributed by atoms with van der Waals surface area (Å²) >= 11 is 1.70. The van der Waals surface area contributed by atoms with Crippen molar-refractivity contribution < 1.29 is 0 Å². The van der Waals surface area contributed by atoms with Gasteiger partial charge in [-0.25, -0.2) is 9.98 Å². The van der Waals surface area contributed by atoms with E-state index >= 15 is 0 Å². The minimum Gasteiger partial charge on any atom is -0.357 e. The van der Waals surface area contributed by atoms with Crippen LogP contribution in [0.2, 0.25) is 0 Å². The van der Waals surface area contributed by atoms with E-state index in [-0.39, 0.29) is 24.0 Å². The molecule has 2 heterocycles. The lowest BCUT2D eigenvalue weighted by Crippen LogP contribution is -2.36. The fourth-order valence-corrected chi connectivity index (χ4v) is 3.33. The van der Waals surface area contributed by atoms with Gasteiger partial charge < -0.3 is 10.6 Å². The van der Waals surface area contributed by atoms with Gasteiger partial charge in [0, 0.05) is 30.0 Å². The number of hydrogen-bond acceptors (Lipinski definition) is 4. The van der Waals surface area contributed by atoms with E-state index in [1.807, 2.05) is 30.1 Å². The van der Waals surface area contributed by atoms with E-state index in [4.69, 9.17) is 4.99 Å². The first-order valence-electron chi connectivity index (χ1n) is 8.72. The lowest BCUT2D eigenvalue weighted by molar-refractivity contribution is 0.680. The highest BCUT2D eigenvalue weighted by Crippen LogP contribution is 2.12. The van der Waals surface area contributed by atoms with E-state index < -0.39 is 0 Å². The number of aromatic nitrogens is 3. The fraction of sp³-hybridized carbons (Fsp3) is 0.316. The predicted molar refractivity (Wildman–Crippen MR) is 122 cm³/mol. The molecule has 0 unspecified atom stereocenters. The van der Waals surface area contributed by atoms with Gasteiger partial charge in [0.2, 0.25) is 0 Å². The molecule has 3 rings (SSSR count). The van der Waals surface area contributed by atoms with Crippen LogP contribution in [0.5, 0.6) is 0 Å². The zero-order chi connectivity index (χ0) is 18.2. The Morgan fingerprint density at radius 1 is 1.19 bits per heavy atom. The van der Waals surface area contributed by atoms with E-state index in [1.54, 1.807) is 17.5 Å². The maximum absolute atomic E-state index is 4.74. The molecule has 0 amide bonds. The van der Waals surface area contributed by atoms with E-state index in [2.05, 4.69) is 51.9 Å². The van der Waals surface area contributed by atoms with Crippen molar-refractivity contribution in [2.75, 3.05) is 6.54 Å². The number of guanidine groups is 1. The third-order valence-electron chi connectivity index (χ3n) is 3.86. The van der Waals surface area contributed by atoms with Crippen LogP contribution in [0.4, 0.5) is 0 Å². The van der Waals surface area contributed by atoms with Crippen LogP contribution >= 0.6 is 35.3 Å². The van der Waals surface area contributed by atoms with E-state index in [0.29, 0.717) is 6.54 Å². The van der Waals surface area contributed by atoms with Crippen molar-refractivity contribution in [3.8, 4) is 0 Å². The third kappa shape index (κ3) is 6.62. The third-order valence-corrected chi connectivity index (χ3v) is 4.77. The second-order valence-corrected chi connectivity index (χ2v) is 7.19. The molecule has 144 valence electrons. The molecule has 6 nitrogen and oxygen atoms in total. The van der Waals surface area contributed by atoms with Crippen molar-refractivity contribution >= 4 is 41.3 Å². The van der Waals surface area contributed by atoms with Crippen molar-refractivity contribution in [3.63, 3.8) is 0 Å². The van der Waals surface area contributed by atoms with Gasteiger partial charge >= 0.3 is 0 Å². The molecule has 8 heteroatoms. The van der Waals surface area contributed by atoms with Gasteiger partial charge in [0.15, 0.2) is 5.96 Å². The minimum atomic E-state index is 0. The summed E-state index contributed by atoms with van der Waals surface area (Å²) in [5.74, 6) is 0.812. The quantitative estimate of drug-likeness (QED) is 0.298. The van der Waals surface area contributed by atoms with Crippen molar-refractivity contribution in [3.05, 3.63) is 69.9 Å². The summed E-state index contributed by atoms with van der Waals surface area (Å²) < 4.78 is 1.93. The van der Waals surface area contributed by atoms with E-state index in [1.165, 1.54) is 16.0 Å². The highest BCUT2D eigenvalue weighted by atomic mass is 127. The first-order valence-corrected chi connectivity index (χ1v) is 9.54. The molecule has 0 spiro atoms. The van der Waals surface area contributed by atoms with Gasteiger partial charge in [0.05, 0.1) is 24.6 Å². The summed E-state index contributed by atoms with van der Waals surface area (Å²) in [6.07, 6.45) is 5.69. The van der Waals surface area contributed by atoms with Crippen LogP contribution in [0.15, 0.2) is 53.9 Å². The number of rotatable bonds is 7. The Labute approximate surface area is 181 Å². The summed E-state index contributed by atoms with van der Waals surface area (Å²) in [6, 6.07) is 10.3. The Bertz CT molecular complexity index is 844. The molecule has 2 aromatic heterocycles. The molecule has 0 saturated carbocycles. The van der Waals surface area contributed by atoms with Crippen LogP contribution in [-0.2, 0) is 19.6 Å². The maximum Gasteiger partial charge on any atom is 0.191 e. The maximum atomic E-state index is 4.74. The Hall–Kier alpha value is -1.94. The molecular weight excluding hydrogens is 471 g/mol. The number of nitrogens with one attached hydrogen (secondary N) is 2. The largest absolute Gasteiger partial charge is 0.357 e. The lowest BCUT2D eigenvalue weighted by atomic mass is 10.1. The van der Waals surface area contributed by atoms with Crippen LogP contribution in [0, 0.1) is 6.92 Å². The standard InChI is InChI=1S/C19H24N6S.HI/c1-3-20-19(23-13-18-12-21-15(2)26-18)22-11-16-7-4-5-8-17(16)14-25-10-6-9-24-25;/h4-10,12H,3,11,13-14H2,1-2H3,(H2,20,22,23);1H. The predicted octanol–water partition coefficient (Wildman–Crippen LogP) is 3.57. The molecule has 0 aliphatic carbocycles. The Morgan fingerprint density at radius 3 is 2.67 bits per heavy atom. The van der Waals surface area contributed by atoms with Crippen molar-refractivity contribution in [2.24, 2.45) is 4.99 Å². The molecule has 0 atom stereocenters. The van der Waals surface area contributed by atoms with Gasteiger partial charge in [-0.3, -0.25) is 4.68 Å². The number of aliphatic imine (C=N–C) groups is 1. The molecule has 0 saturated heterocycles. The second-order valence-electron chi connectivity index (χ2n) is 5.87. The fourth-order valence-electron chi connectivity index (χ4n) is 2.60. The molecule has 27 heavy (non-hydrogen) atoms. The van der Waals surface area contributed by atoms with Crippen molar-refractivity contribution in [1.29, 1.82) is 0 Å². The topological polar surface area (TPSA) is 67.1 Å². The molecule has 0 radical (unpaired) electrons. The summed E-state index contributed by atoms with van der Waals surface area (Å²) in [7, 11) is 0. The zero-order valence-corrected chi connectivity index (χ0v) is 18.7. The monoisotopic (exact) mass is 496 g/mol. The van der Waals surface area contributed by atoms with Gasteiger partial charge in [0.25, 0.3) is 0 Å². The lowest BCUT2D eigenvalue weighted by Gasteiger charge is -2.12. The number of benzene rings is 1. The summed E-state index contributed by atoms with van der Waals surface area (Å²) in [5, 5.41) is 12.1. The molecular formula is C19H25IN6S. The number of thiazole rings is 1. The van der Waals surface area contributed by atoms with E-state index in [0.717, 1.165) is 30.6 Å². The van der Waals surface area contributed by atoms with E-state index in [9.17, 15) is 0 Å². The smallest absolute Gasteiger partial charge is 0.191 e.